The second kappa shape index (κ2) is 4.74. The number of aromatic nitrogens is 1. The molecule has 2 unspecified atom stereocenters. The number of nitrogens with one attached hydrogen (secondary N) is 1. The first-order valence-corrected chi connectivity index (χ1v) is 7.12. The van der Waals surface area contributed by atoms with Gasteiger partial charge in [0.05, 0.1) is 27.7 Å². The monoisotopic (exact) mass is 263 g/mol. The van der Waals surface area contributed by atoms with Gasteiger partial charge in [-0.3, -0.25) is 0 Å². The van der Waals surface area contributed by atoms with E-state index in [2.05, 4.69) is 29.4 Å². The van der Waals surface area contributed by atoms with Crippen molar-refractivity contribution in [3.63, 3.8) is 0 Å². The fourth-order valence-electron chi connectivity index (χ4n) is 2.43. The highest BCUT2D eigenvalue weighted by atomic mass is 32.1. The number of anilines is 2. The van der Waals surface area contributed by atoms with Crippen molar-refractivity contribution in [1.29, 1.82) is 0 Å². The number of benzene rings is 1. The van der Waals surface area contributed by atoms with Crippen LogP contribution in [0.3, 0.4) is 0 Å². The first-order chi connectivity index (χ1) is 8.74. The highest BCUT2D eigenvalue weighted by Crippen LogP contribution is 2.31. The lowest BCUT2D eigenvalue weighted by molar-refractivity contribution is 0.0232. The van der Waals surface area contributed by atoms with Crippen molar-refractivity contribution in [2.24, 2.45) is 0 Å². The van der Waals surface area contributed by atoms with Gasteiger partial charge in [-0.05, 0) is 31.9 Å². The van der Waals surface area contributed by atoms with Gasteiger partial charge in [-0.1, -0.05) is 0 Å². The Bertz CT molecular complexity index is 554. The van der Waals surface area contributed by atoms with E-state index in [1.54, 1.807) is 11.3 Å². The third kappa shape index (κ3) is 2.15. The van der Waals surface area contributed by atoms with Gasteiger partial charge in [-0.2, -0.15) is 0 Å². The summed E-state index contributed by atoms with van der Waals surface area (Å²) in [6.45, 7) is 2.93. The van der Waals surface area contributed by atoms with Crippen molar-refractivity contribution in [2.45, 2.75) is 31.9 Å². The quantitative estimate of drug-likeness (QED) is 0.818. The average Bonchev–Trinajstić information content (AvgIpc) is 2.82. The highest BCUT2D eigenvalue weighted by Gasteiger charge is 2.20. The summed E-state index contributed by atoms with van der Waals surface area (Å²) in [6, 6.07) is 4.57. The molecule has 1 aliphatic heterocycles. The molecular formula is C13H17N3OS. The Morgan fingerprint density at radius 2 is 2.39 bits per heavy atom. The van der Waals surface area contributed by atoms with Crippen LogP contribution in [-0.4, -0.2) is 23.7 Å². The van der Waals surface area contributed by atoms with E-state index in [1.807, 2.05) is 5.51 Å². The summed E-state index contributed by atoms with van der Waals surface area (Å²) in [6.07, 6.45) is 2.37. The van der Waals surface area contributed by atoms with Gasteiger partial charge in [0, 0.05) is 12.6 Å². The Morgan fingerprint density at radius 3 is 3.22 bits per heavy atom. The summed E-state index contributed by atoms with van der Waals surface area (Å²) in [5, 5.41) is 3.52. The van der Waals surface area contributed by atoms with Crippen molar-refractivity contribution in [1.82, 2.24) is 4.98 Å². The molecule has 5 heteroatoms. The number of fused-ring (bicyclic) bond motifs is 1. The summed E-state index contributed by atoms with van der Waals surface area (Å²) < 4.78 is 6.69. The number of nitrogens with two attached hydrogens (primary N) is 1. The van der Waals surface area contributed by atoms with Crippen LogP contribution in [0, 0.1) is 0 Å². The Kier molecular flexibility index (Phi) is 3.09. The first kappa shape index (κ1) is 11.7. The van der Waals surface area contributed by atoms with Crippen molar-refractivity contribution in [3.8, 4) is 0 Å². The maximum absolute atomic E-state index is 6.17. The zero-order valence-corrected chi connectivity index (χ0v) is 11.2. The Labute approximate surface area is 110 Å². The highest BCUT2D eigenvalue weighted by molar-refractivity contribution is 7.16. The molecule has 96 valence electrons. The molecule has 0 spiro atoms. The summed E-state index contributed by atoms with van der Waals surface area (Å²) >= 11 is 1.62. The number of ether oxygens (including phenoxy) is 1. The molecule has 1 aromatic heterocycles. The van der Waals surface area contributed by atoms with Gasteiger partial charge < -0.3 is 15.8 Å². The molecule has 2 aromatic rings. The van der Waals surface area contributed by atoms with Crippen LogP contribution in [0.2, 0.25) is 0 Å². The number of nitrogen functional groups attached to an aromatic ring is 1. The summed E-state index contributed by atoms with van der Waals surface area (Å²) in [5.74, 6) is 0. The SMILES string of the molecule is CC1CC(Nc2ccc3scnc3c2N)CCO1. The predicted molar refractivity (Wildman–Crippen MR) is 76.1 cm³/mol. The summed E-state index contributed by atoms with van der Waals surface area (Å²) in [5.41, 5.74) is 10.7. The Balaban J connectivity index is 1.83. The molecule has 0 radical (unpaired) electrons. The molecule has 0 saturated carbocycles. The van der Waals surface area contributed by atoms with Crippen LogP contribution in [0.4, 0.5) is 11.4 Å². The minimum atomic E-state index is 0.320. The van der Waals surface area contributed by atoms with Crippen LogP contribution < -0.4 is 11.1 Å². The zero-order chi connectivity index (χ0) is 12.5. The predicted octanol–water partition coefficient (Wildman–Crippen LogP) is 2.86. The Hall–Kier alpha value is -1.33. The number of rotatable bonds is 2. The van der Waals surface area contributed by atoms with E-state index in [-0.39, 0.29) is 0 Å². The van der Waals surface area contributed by atoms with Crippen LogP contribution in [-0.2, 0) is 4.74 Å². The summed E-state index contributed by atoms with van der Waals surface area (Å²) in [4.78, 5) is 4.32. The number of hydrogen-bond acceptors (Lipinski definition) is 5. The third-order valence-electron chi connectivity index (χ3n) is 3.39. The van der Waals surface area contributed by atoms with E-state index in [0.717, 1.165) is 41.0 Å². The van der Waals surface area contributed by atoms with E-state index in [0.29, 0.717) is 12.1 Å². The van der Waals surface area contributed by atoms with Gasteiger partial charge >= 0.3 is 0 Å². The Morgan fingerprint density at radius 1 is 1.50 bits per heavy atom. The second-order valence-corrected chi connectivity index (χ2v) is 5.66. The molecule has 1 aromatic carbocycles. The van der Waals surface area contributed by atoms with E-state index >= 15 is 0 Å². The number of thiazole rings is 1. The minimum Gasteiger partial charge on any atom is -0.395 e. The lowest BCUT2D eigenvalue weighted by atomic mass is 10.0. The van der Waals surface area contributed by atoms with E-state index in [1.165, 1.54) is 0 Å². The standard InChI is InChI=1S/C13H17N3OS/c1-8-6-9(4-5-17-8)16-10-2-3-11-13(12(10)14)15-7-18-11/h2-3,7-9,16H,4-6,14H2,1H3. The van der Waals surface area contributed by atoms with Gasteiger partial charge in [-0.15, -0.1) is 11.3 Å². The van der Waals surface area contributed by atoms with Crippen LogP contribution >= 0.6 is 11.3 Å². The average molecular weight is 263 g/mol. The van der Waals surface area contributed by atoms with Gasteiger partial charge in [0.15, 0.2) is 0 Å². The van der Waals surface area contributed by atoms with E-state index < -0.39 is 0 Å². The molecule has 0 bridgehead atoms. The molecule has 2 heterocycles. The van der Waals surface area contributed by atoms with E-state index in [9.17, 15) is 0 Å². The molecule has 0 aliphatic carbocycles. The van der Waals surface area contributed by atoms with Gasteiger partial charge in [-0.25, -0.2) is 4.98 Å². The zero-order valence-electron chi connectivity index (χ0n) is 10.3. The molecule has 0 amide bonds. The normalized spacial score (nSPS) is 24.3. The molecule has 1 saturated heterocycles. The number of hydrogen-bond donors (Lipinski definition) is 2. The molecule has 18 heavy (non-hydrogen) atoms. The van der Waals surface area contributed by atoms with Crippen LogP contribution in [0.1, 0.15) is 19.8 Å². The molecule has 2 atom stereocenters. The number of nitrogens with zero attached hydrogens (tertiary/aromatic N) is 1. The molecule has 1 aliphatic rings. The largest absolute Gasteiger partial charge is 0.395 e. The minimum absolute atomic E-state index is 0.320. The van der Waals surface area contributed by atoms with Gasteiger partial charge in [0.25, 0.3) is 0 Å². The van der Waals surface area contributed by atoms with Crippen LogP contribution in [0.15, 0.2) is 17.6 Å². The third-order valence-corrected chi connectivity index (χ3v) is 4.18. The molecule has 3 N–H and O–H groups in total. The smallest absolute Gasteiger partial charge is 0.106 e. The van der Waals surface area contributed by atoms with Crippen molar-refractivity contribution >= 4 is 32.9 Å². The first-order valence-electron chi connectivity index (χ1n) is 6.24. The van der Waals surface area contributed by atoms with Gasteiger partial charge in [0.2, 0.25) is 0 Å². The maximum Gasteiger partial charge on any atom is 0.106 e. The second-order valence-electron chi connectivity index (χ2n) is 4.77. The fraction of sp³-hybridized carbons (Fsp3) is 0.462. The molecule has 4 nitrogen and oxygen atoms in total. The molecular weight excluding hydrogens is 246 g/mol. The lowest BCUT2D eigenvalue weighted by Gasteiger charge is -2.29. The van der Waals surface area contributed by atoms with Crippen LogP contribution in [0.5, 0.6) is 0 Å². The molecule has 3 rings (SSSR count). The van der Waals surface area contributed by atoms with Crippen LogP contribution in [0.25, 0.3) is 10.2 Å². The van der Waals surface area contributed by atoms with E-state index in [4.69, 9.17) is 10.5 Å². The maximum atomic E-state index is 6.17. The van der Waals surface area contributed by atoms with Crippen molar-refractivity contribution in [2.75, 3.05) is 17.7 Å². The lowest BCUT2D eigenvalue weighted by Crippen LogP contribution is -2.32. The fourth-order valence-corrected chi connectivity index (χ4v) is 3.12. The molecule has 1 fully saturated rings. The van der Waals surface area contributed by atoms with Gasteiger partial charge in [0.1, 0.15) is 5.52 Å². The van der Waals surface area contributed by atoms with Crippen molar-refractivity contribution < 1.29 is 4.74 Å². The topological polar surface area (TPSA) is 60.2 Å². The van der Waals surface area contributed by atoms with Crippen molar-refractivity contribution in [3.05, 3.63) is 17.6 Å². The summed E-state index contributed by atoms with van der Waals surface area (Å²) in [7, 11) is 0.